The average molecular weight is 345 g/mol. The van der Waals surface area contributed by atoms with Gasteiger partial charge in [0.05, 0.1) is 30.0 Å². The molecule has 1 atom stereocenters. The maximum Gasteiger partial charge on any atom is 0.0959 e. The Labute approximate surface area is 150 Å². The Bertz CT molecular complexity index is 711. The molecule has 1 saturated heterocycles. The third kappa shape index (κ3) is 3.89. The van der Waals surface area contributed by atoms with Gasteiger partial charge in [0.25, 0.3) is 0 Å². The lowest BCUT2D eigenvalue weighted by Crippen LogP contribution is -2.45. The van der Waals surface area contributed by atoms with E-state index in [4.69, 9.17) is 0 Å². The second kappa shape index (κ2) is 7.44. The number of benzene rings is 1. The van der Waals surface area contributed by atoms with Crippen LogP contribution in [-0.4, -0.2) is 57.0 Å². The van der Waals surface area contributed by atoms with Gasteiger partial charge in [-0.1, -0.05) is 6.92 Å². The summed E-state index contributed by atoms with van der Waals surface area (Å²) in [5, 5.41) is 20.2. The Hall–Kier alpha value is -1.43. The van der Waals surface area contributed by atoms with Crippen LogP contribution < -0.4 is 0 Å². The fourth-order valence-corrected chi connectivity index (χ4v) is 3.87. The van der Waals surface area contributed by atoms with Gasteiger partial charge in [0.15, 0.2) is 0 Å². The van der Waals surface area contributed by atoms with Crippen LogP contribution >= 0.6 is 0 Å². The van der Waals surface area contributed by atoms with E-state index in [1.54, 1.807) is 0 Å². The lowest BCUT2D eigenvalue weighted by molar-refractivity contribution is 0.0191. The summed E-state index contributed by atoms with van der Waals surface area (Å²) >= 11 is 0. The van der Waals surface area contributed by atoms with Crippen molar-refractivity contribution in [3.8, 4) is 0 Å². The molecule has 2 aromatic rings. The van der Waals surface area contributed by atoms with Crippen LogP contribution in [0.5, 0.6) is 0 Å². The largest absolute Gasteiger partial charge is 0.396 e. The van der Waals surface area contributed by atoms with Crippen molar-refractivity contribution in [3.63, 3.8) is 0 Å². The van der Waals surface area contributed by atoms with Gasteiger partial charge in [-0.2, -0.15) is 0 Å². The van der Waals surface area contributed by atoms with Gasteiger partial charge in [0.1, 0.15) is 0 Å². The number of piperidine rings is 1. The predicted octanol–water partition coefficient (Wildman–Crippen LogP) is 2.50. The van der Waals surface area contributed by atoms with Gasteiger partial charge >= 0.3 is 0 Å². The van der Waals surface area contributed by atoms with Crippen LogP contribution in [0.1, 0.15) is 37.3 Å². The fourth-order valence-electron chi connectivity index (χ4n) is 3.87. The molecular weight excluding hydrogens is 314 g/mol. The molecule has 1 unspecified atom stereocenters. The minimum Gasteiger partial charge on any atom is -0.396 e. The number of aromatic nitrogens is 2. The monoisotopic (exact) mass is 345 g/mol. The quantitative estimate of drug-likeness (QED) is 0.844. The number of hydrogen-bond donors (Lipinski definition) is 2. The molecule has 0 bridgehead atoms. The van der Waals surface area contributed by atoms with E-state index >= 15 is 0 Å². The summed E-state index contributed by atoms with van der Waals surface area (Å²) < 4.78 is 2.06. The maximum atomic E-state index is 10.6. The highest BCUT2D eigenvalue weighted by Crippen LogP contribution is 2.34. The number of aryl methyl sites for hydroxylation is 2. The first kappa shape index (κ1) is 18.4. The van der Waals surface area contributed by atoms with Crippen LogP contribution in [0.15, 0.2) is 18.5 Å². The number of β-amino-alcohol motifs (C(OH)–C–C–N with tert-alkyl or cyclic N) is 1. The second-order valence-corrected chi connectivity index (χ2v) is 7.79. The van der Waals surface area contributed by atoms with Crippen LogP contribution in [0.25, 0.3) is 11.0 Å². The molecule has 1 aromatic heterocycles. The van der Waals surface area contributed by atoms with Crippen molar-refractivity contribution in [2.45, 2.75) is 52.7 Å². The van der Waals surface area contributed by atoms with E-state index in [1.165, 1.54) is 11.1 Å². The van der Waals surface area contributed by atoms with Gasteiger partial charge in [-0.05, 0) is 74.9 Å². The minimum absolute atomic E-state index is 0.0946. The van der Waals surface area contributed by atoms with E-state index in [2.05, 4.69) is 47.4 Å². The highest BCUT2D eigenvalue weighted by Gasteiger charge is 2.32. The van der Waals surface area contributed by atoms with Crippen molar-refractivity contribution < 1.29 is 10.2 Å². The topological polar surface area (TPSA) is 61.5 Å². The Morgan fingerprint density at radius 3 is 2.48 bits per heavy atom. The fraction of sp³-hybridized carbons (Fsp3) is 0.650. The molecule has 138 valence electrons. The molecule has 2 heterocycles. The SMILES string of the molecule is CCC1(CO)CCN(CC(O)Cn2cnc3cc(C)c(C)cc32)CC1. The van der Waals surface area contributed by atoms with Gasteiger partial charge < -0.3 is 19.7 Å². The van der Waals surface area contributed by atoms with Gasteiger partial charge in [-0.15, -0.1) is 0 Å². The van der Waals surface area contributed by atoms with Crippen LogP contribution in [0.3, 0.4) is 0 Å². The third-order valence-corrected chi connectivity index (χ3v) is 6.12. The number of aliphatic hydroxyl groups is 2. The van der Waals surface area contributed by atoms with E-state index in [9.17, 15) is 10.2 Å². The molecule has 0 saturated carbocycles. The van der Waals surface area contributed by atoms with Crippen LogP contribution in [0.4, 0.5) is 0 Å². The third-order valence-electron chi connectivity index (χ3n) is 6.12. The molecule has 5 heteroatoms. The number of nitrogens with zero attached hydrogens (tertiary/aromatic N) is 3. The summed E-state index contributed by atoms with van der Waals surface area (Å²) in [6.07, 6.45) is 4.47. The zero-order valence-corrected chi connectivity index (χ0v) is 15.7. The lowest BCUT2D eigenvalue weighted by Gasteiger charge is -2.40. The molecule has 1 aromatic carbocycles. The van der Waals surface area contributed by atoms with E-state index in [-0.39, 0.29) is 12.0 Å². The van der Waals surface area contributed by atoms with Crippen molar-refractivity contribution >= 4 is 11.0 Å². The lowest BCUT2D eigenvalue weighted by atomic mass is 9.77. The van der Waals surface area contributed by atoms with Crippen molar-refractivity contribution in [1.82, 2.24) is 14.5 Å². The Morgan fingerprint density at radius 1 is 1.16 bits per heavy atom. The highest BCUT2D eigenvalue weighted by atomic mass is 16.3. The number of hydrogen-bond acceptors (Lipinski definition) is 4. The van der Waals surface area contributed by atoms with Crippen molar-refractivity contribution in [3.05, 3.63) is 29.6 Å². The maximum absolute atomic E-state index is 10.6. The van der Waals surface area contributed by atoms with Gasteiger partial charge in [0.2, 0.25) is 0 Å². The molecule has 1 aliphatic heterocycles. The summed E-state index contributed by atoms with van der Waals surface area (Å²) in [7, 11) is 0. The summed E-state index contributed by atoms with van der Waals surface area (Å²) in [5.74, 6) is 0. The molecular formula is C20H31N3O2. The molecule has 3 rings (SSSR count). The first-order valence-electron chi connectivity index (χ1n) is 9.40. The van der Waals surface area contributed by atoms with Crippen LogP contribution in [0.2, 0.25) is 0 Å². The zero-order valence-electron chi connectivity index (χ0n) is 15.7. The summed E-state index contributed by atoms with van der Waals surface area (Å²) in [5.41, 5.74) is 4.67. The molecule has 5 nitrogen and oxygen atoms in total. The van der Waals surface area contributed by atoms with E-state index in [0.717, 1.165) is 43.4 Å². The number of imidazole rings is 1. The van der Waals surface area contributed by atoms with Crippen LogP contribution in [-0.2, 0) is 6.54 Å². The van der Waals surface area contributed by atoms with E-state index in [0.29, 0.717) is 13.1 Å². The summed E-state index contributed by atoms with van der Waals surface area (Å²) in [6.45, 7) is 9.79. The highest BCUT2D eigenvalue weighted by molar-refractivity contribution is 5.77. The van der Waals surface area contributed by atoms with E-state index < -0.39 is 6.10 Å². The summed E-state index contributed by atoms with van der Waals surface area (Å²) in [6, 6.07) is 4.26. The van der Waals surface area contributed by atoms with Gasteiger partial charge in [0, 0.05) is 13.2 Å². The van der Waals surface area contributed by atoms with Gasteiger partial charge in [-0.3, -0.25) is 0 Å². The second-order valence-electron chi connectivity index (χ2n) is 7.79. The zero-order chi connectivity index (χ0) is 18.0. The average Bonchev–Trinajstić information content (AvgIpc) is 2.98. The van der Waals surface area contributed by atoms with E-state index in [1.807, 2.05) is 6.33 Å². The molecule has 25 heavy (non-hydrogen) atoms. The predicted molar refractivity (Wildman–Crippen MR) is 101 cm³/mol. The number of rotatable bonds is 6. The molecule has 0 aliphatic carbocycles. The molecule has 2 N–H and O–H groups in total. The molecule has 0 spiro atoms. The molecule has 0 amide bonds. The number of likely N-dealkylation sites (tertiary alicyclic amines) is 1. The van der Waals surface area contributed by atoms with Gasteiger partial charge in [-0.25, -0.2) is 4.98 Å². The summed E-state index contributed by atoms with van der Waals surface area (Å²) in [4.78, 5) is 6.79. The van der Waals surface area contributed by atoms with Crippen molar-refractivity contribution in [2.75, 3.05) is 26.2 Å². The van der Waals surface area contributed by atoms with Crippen LogP contribution in [0, 0.1) is 19.3 Å². The first-order valence-corrected chi connectivity index (χ1v) is 9.40. The van der Waals surface area contributed by atoms with Crippen molar-refractivity contribution in [2.24, 2.45) is 5.41 Å². The number of fused-ring (bicyclic) bond motifs is 1. The molecule has 1 aliphatic rings. The Kier molecular flexibility index (Phi) is 5.46. The Balaban J connectivity index is 1.60. The minimum atomic E-state index is -0.415. The molecule has 0 radical (unpaired) electrons. The molecule has 1 fully saturated rings. The smallest absolute Gasteiger partial charge is 0.0959 e. The van der Waals surface area contributed by atoms with Crippen molar-refractivity contribution in [1.29, 1.82) is 0 Å². The number of aliphatic hydroxyl groups excluding tert-OH is 2. The standard InChI is InChI=1S/C20H31N3O2/c1-4-20(13-24)5-7-22(8-6-20)11-17(25)12-23-14-21-18-9-15(2)16(3)10-19(18)23/h9-10,14,17,24-25H,4-8,11-13H2,1-3H3. The normalized spacial score (nSPS) is 19.4. The first-order chi connectivity index (χ1) is 12.0. The Morgan fingerprint density at radius 2 is 1.84 bits per heavy atom.